The van der Waals surface area contributed by atoms with Crippen LogP contribution in [0.25, 0.3) is 0 Å². The summed E-state index contributed by atoms with van der Waals surface area (Å²) in [6.07, 6.45) is 0.823. The van der Waals surface area contributed by atoms with Gasteiger partial charge in [0.1, 0.15) is 0 Å². The highest BCUT2D eigenvalue weighted by Crippen LogP contribution is 2.20. The van der Waals surface area contributed by atoms with E-state index in [9.17, 15) is 9.59 Å². The molecule has 0 saturated heterocycles. The van der Waals surface area contributed by atoms with E-state index in [-0.39, 0.29) is 11.8 Å². The average Bonchev–Trinajstić information content (AvgIpc) is 3.00. The van der Waals surface area contributed by atoms with Gasteiger partial charge in [-0.2, -0.15) is 5.10 Å². The first-order valence-corrected chi connectivity index (χ1v) is 7.51. The zero-order chi connectivity index (χ0) is 16.4. The number of amides is 2. The number of anilines is 1. The van der Waals surface area contributed by atoms with Crippen molar-refractivity contribution in [1.29, 1.82) is 0 Å². The number of benzene rings is 1. The Bertz CT molecular complexity index is 766. The normalized spacial score (nSPS) is 13.3. The van der Waals surface area contributed by atoms with Gasteiger partial charge in [-0.15, -0.1) is 0 Å². The summed E-state index contributed by atoms with van der Waals surface area (Å²) in [4.78, 5) is 24.5. The summed E-state index contributed by atoms with van der Waals surface area (Å²) in [6.45, 7) is 3.38. The number of nitrogens with zero attached hydrogens (tertiary/aromatic N) is 1. The summed E-state index contributed by atoms with van der Waals surface area (Å²) < 4.78 is 0. The molecular weight excluding hydrogens is 294 g/mol. The van der Waals surface area contributed by atoms with Crippen molar-refractivity contribution in [2.45, 2.75) is 19.9 Å². The van der Waals surface area contributed by atoms with Crippen molar-refractivity contribution in [2.24, 2.45) is 0 Å². The SMILES string of the molecule is CNC(=O)c1cc(C)ccc1NC(=O)c1n[nH]c2c1CNCC2. The Morgan fingerprint density at radius 1 is 1.26 bits per heavy atom. The van der Waals surface area contributed by atoms with Crippen molar-refractivity contribution in [3.8, 4) is 0 Å². The van der Waals surface area contributed by atoms with Gasteiger partial charge in [-0.3, -0.25) is 14.7 Å². The maximum absolute atomic E-state index is 12.5. The molecule has 0 radical (unpaired) electrons. The Labute approximate surface area is 133 Å². The quantitative estimate of drug-likeness (QED) is 0.679. The summed E-state index contributed by atoms with van der Waals surface area (Å²) in [6, 6.07) is 5.33. The van der Waals surface area contributed by atoms with E-state index in [1.54, 1.807) is 19.2 Å². The molecule has 0 atom stereocenters. The lowest BCUT2D eigenvalue weighted by Gasteiger charge is -2.14. The lowest BCUT2D eigenvalue weighted by atomic mass is 10.1. The number of rotatable bonds is 3. The summed E-state index contributed by atoms with van der Waals surface area (Å²) in [7, 11) is 1.56. The summed E-state index contributed by atoms with van der Waals surface area (Å²) in [5.74, 6) is -0.560. The van der Waals surface area contributed by atoms with Crippen LogP contribution >= 0.6 is 0 Å². The molecule has 0 unspecified atom stereocenters. The maximum atomic E-state index is 12.5. The van der Waals surface area contributed by atoms with Gasteiger partial charge in [0.2, 0.25) is 0 Å². The second-order valence-corrected chi connectivity index (χ2v) is 5.54. The topological polar surface area (TPSA) is 98.9 Å². The van der Waals surface area contributed by atoms with Gasteiger partial charge in [0.05, 0.1) is 11.3 Å². The molecule has 1 aromatic heterocycles. The van der Waals surface area contributed by atoms with Gasteiger partial charge < -0.3 is 16.0 Å². The summed E-state index contributed by atoms with van der Waals surface area (Å²) in [5.41, 5.74) is 4.11. The first-order chi connectivity index (χ1) is 11.1. The van der Waals surface area contributed by atoms with Gasteiger partial charge >= 0.3 is 0 Å². The van der Waals surface area contributed by atoms with E-state index in [0.717, 1.165) is 29.8 Å². The van der Waals surface area contributed by atoms with Crippen molar-refractivity contribution in [1.82, 2.24) is 20.8 Å². The van der Waals surface area contributed by atoms with Crippen LogP contribution in [0, 0.1) is 6.92 Å². The van der Waals surface area contributed by atoms with E-state index in [2.05, 4.69) is 26.1 Å². The Kier molecular flexibility index (Phi) is 4.12. The molecule has 2 aromatic rings. The van der Waals surface area contributed by atoms with E-state index in [1.165, 1.54) is 0 Å². The molecule has 7 heteroatoms. The van der Waals surface area contributed by atoms with Crippen LogP contribution in [-0.2, 0) is 13.0 Å². The monoisotopic (exact) mass is 313 g/mol. The molecule has 2 amide bonds. The second kappa shape index (κ2) is 6.21. The third kappa shape index (κ3) is 2.95. The van der Waals surface area contributed by atoms with Crippen molar-refractivity contribution in [3.05, 3.63) is 46.3 Å². The average molecular weight is 313 g/mol. The number of carbonyl (C=O) groups is 2. The van der Waals surface area contributed by atoms with Crippen LogP contribution in [0.1, 0.15) is 37.7 Å². The lowest BCUT2D eigenvalue weighted by Crippen LogP contribution is -2.26. The zero-order valence-electron chi connectivity index (χ0n) is 13.1. The number of fused-ring (bicyclic) bond motifs is 1. The highest BCUT2D eigenvalue weighted by atomic mass is 16.2. The molecule has 2 heterocycles. The van der Waals surface area contributed by atoms with E-state index >= 15 is 0 Å². The van der Waals surface area contributed by atoms with Gasteiger partial charge in [0.25, 0.3) is 11.8 Å². The molecule has 0 fully saturated rings. The largest absolute Gasteiger partial charge is 0.355 e. The van der Waals surface area contributed by atoms with Crippen LogP contribution in [0.4, 0.5) is 5.69 Å². The predicted octanol–water partition coefficient (Wildman–Crippen LogP) is 0.976. The van der Waals surface area contributed by atoms with Crippen molar-refractivity contribution >= 4 is 17.5 Å². The van der Waals surface area contributed by atoms with E-state index in [4.69, 9.17) is 0 Å². The third-order valence-corrected chi connectivity index (χ3v) is 3.92. The zero-order valence-corrected chi connectivity index (χ0v) is 13.1. The molecule has 3 rings (SSSR count). The Hall–Kier alpha value is -2.67. The molecule has 0 spiro atoms. The van der Waals surface area contributed by atoms with Gasteiger partial charge in [-0.05, 0) is 19.1 Å². The number of aromatic nitrogens is 2. The van der Waals surface area contributed by atoms with Crippen LogP contribution < -0.4 is 16.0 Å². The number of hydrogen-bond donors (Lipinski definition) is 4. The van der Waals surface area contributed by atoms with E-state index in [1.807, 2.05) is 13.0 Å². The number of aromatic amines is 1. The minimum Gasteiger partial charge on any atom is -0.355 e. The van der Waals surface area contributed by atoms with Crippen molar-refractivity contribution < 1.29 is 9.59 Å². The van der Waals surface area contributed by atoms with Crippen LogP contribution in [0.5, 0.6) is 0 Å². The van der Waals surface area contributed by atoms with Crippen LogP contribution in [0.3, 0.4) is 0 Å². The fourth-order valence-electron chi connectivity index (χ4n) is 2.68. The molecule has 0 saturated carbocycles. The van der Waals surface area contributed by atoms with Gasteiger partial charge in [0, 0.05) is 37.8 Å². The Morgan fingerprint density at radius 3 is 2.87 bits per heavy atom. The smallest absolute Gasteiger partial charge is 0.276 e. The first-order valence-electron chi connectivity index (χ1n) is 7.51. The van der Waals surface area contributed by atoms with E-state index in [0.29, 0.717) is 23.5 Å². The Balaban J connectivity index is 1.89. The highest BCUT2D eigenvalue weighted by Gasteiger charge is 2.22. The van der Waals surface area contributed by atoms with Gasteiger partial charge in [-0.25, -0.2) is 0 Å². The minimum atomic E-state index is -0.319. The van der Waals surface area contributed by atoms with Crippen molar-refractivity contribution in [3.63, 3.8) is 0 Å². The fourth-order valence-corrected chi connectivity index (χ4v) is 2.68. The number of hydrogen-bond acceptors (Lipinski definition) is 4. The molecule has 1 aliphatic heterocycles. The van der Waals surface area contributed by atoms with Gasteiger partial charge in [-0.1, -0.05) is 11.6 Å². The minimum absolute atomic E-state index is 0.241. The summed E-state index contributed by atoms with van der Waals surface area (Å²) >= 11 is 0. The number of carbonyl (C=O) groups excluding carboxylic acids is 2. The van der Waals surface area contributed by atoms with Gasteiger partial charge in [0.15, 0.2) is 5.69 Å². The molecule has 120 valence electrons. The molecule has 7 nitrogen and oxygen atoms in total. The maximum Gasteiger partial charge on any atom is 0.276 e. The van der Waals surface area contributed by atoms with E-state index < -0.39 is 0 Å². The third-order valence-electron chi connectivity index (χ3n) is 3.92. The number of nitrogens with one attached hydrogen (secondary N) is 4. The van der Waals surface area contributed by atoms with Crippen molar-refractivity contribution in [2.75, 3.05) is 18.9 Å². The molecule has 1 aromatic carbocycles. The predicted molar refractivity (Wildman–Crippen MR) is 86.5 cm³/mol. The van der Waals surface area contributed by atoms with Crippen LogP contribution in [-0.4, -0.2) is 35.6 Å². The number of aryl methyl sites for hydroxylation is 1. The first kappa shape index (κ1) is 15.2. The highest BCUT2D eigenvalue weighted by molar-refractivity contribution is 6.08. The molecule has 23 heavy (non-hydrogen) atoms. The molecule has 4 N–H and O–H groups in total. The van der Waals surface area contributed by atoms with Crippen LogP contribution in [0.2, 0.25) is 0 Å². The molecular formula is C16H19N5O2. The molecule has 0 aliphatic carbocycles. The second-order valence-electron chi connectivity index (χ2n) is 5.54. The number of H-pyrrole nitrogens is 1. The lowest BCUT2D eigenvalue weighted by molar-refractivity contribution is 0.0964. The summed E-state index contributed by atoms with van der Waals surface area (Å²) in [5, 5.41) is 15.7. The molecule has 1 aliphatic rings. The fraction of sp³-hybridized carbons (Fsp3) is 0.312. The molecule has 0 bridgehead atoms. The Morgan fingerprint density at radius 2 is 2.09 bits per heavy atom. The standard InChI is InChI=1S/C16H19N5O2/c1-9-3-4-12(10(7-9)15(22)17-2)19-16(23)14-11-8-18-6-5-13(11)20-21-14/h3-4,7,18H,5-6,8H2,1-2H3,(H,17,22)(H,19,23)(H,20,21). The van der Waals surface area contributed by atoms with Crippen LogP contribution in [0.15, 0.2) is 18.2 Å².